The highest BCUT2D eigenvalue weighted by atomic mass is 16.4. The molecule has 0 aliphatic carbocycles. The predicted molar refractivity (Wildman–Crippen MR) is 156 cm³/mol. The third-order valence-corrected chi connectivity index (χ3v) is 7.59. The van der Waals surface area contributed by atoms with Crippen LogP contribution in [-0.2, 0) is 37.1 Å². The minimum Gasteiger partial charge on any atom is -0.481 e. The van der Waals surface area contributed by atoms with Gasteiger partial charge in [-0.1, -0.05) is 18.2 Å². The van der Waals surface area contributed by atoms with Gasteiger partial charge in [0.05, 0.1) is 18.8 Å². The van der Waals surface area contributed by atoms with Crippen LogP contribution in [0.25, 0.3) is 10.9 Å². The molecule has 2 aromatic rings. The largest absolute Gasteiger partial charge is 0.481 e. The Balaban J connectivity index is 0.000000331. The lowest BCUT2D eigenvalue weighted by atomic mass is 9.96. The van der Waals surface area contributed by atoms with Gasteiger partial charge in [0.1, 0.15) is 6.54 Å². The van der Waals surface area contributed by atoms with E-state index in [1.54, 1.807) is 0 Å². The van der Waals surface area contributed by atoms with Gasteiger partial charge < -0.3 is 35.2 Å². The van der Waals surface area contributed by atoms with Crippen molar-refractivity contribution in [3.63, 3.8) is 0 Å². The third kappa shape index (κ3) is 9.52. The number of aromatic nitrogens is 1. The van der Waals surface area contributed by atoms with Gasteiger partial charge in [-0.15, -0.1) is 0 Å². The van der Waals surface area contributed by atoms with Gasteiger partial charge in [0.15, 0.2) is 5.60 Å². The van der Waals surface area contributed by atoms with Crippen LogP contribution in [0.5, 0.6) is 0 Å². The van der Waals surface area contributed by atoms with Gasteiger partial charge in [0.2, 0.25) is 11.8 Å². The van der Waals surface area contributed by atoms with Crippen molar-refractivity contribution in [2.24, 2.45) is 5.92 Å². The van der Waals surface area contributed by atoms with Crippen LogP contribution >= 0.6 is 0 Å². The van der Waals surface area contributed by atoms with Gasteiger partial charge in [-0.25, -0.2) is 4.79 Å². The molecule has 0 spiro atoms. The maximum atomic E-state index is 12.9. The number of nitrogens with one attached hydrogen (secondary N) is 1. The number of piperidine rings is 1. The summed E-state index contributed by atoms with van der Waals surface area (Å²) in [5, 5.41) is 38.0. The molecule has 5 N–H and O–H groups in total. The summed E-state index contributed by atoms with van der Waals surface area (Å²) in [6.07, 6.45) is 4.19. The van der Waals surface area contributed by atoms with Crippen LogP contribution in [0.15, 0.2) is 30.5 Å². The number of hydrogen-bond donors (Lipinski definition) is 5. The van der Waals surface area contributed by atoms with Gasteiger partial charge in [-0.05, 0) is 57.7 Å². The van der Waals surface area contributed by atoms with E-state index in [1.807, 2.05) is 19.9 Å². The molecule has 13 heteroatoms. The summed E-state index contributed by atoms with van der Waals surface area (Å²) < 4.78 is 2.05. The van der Waals surface area contributed by atoms with Crippen molar-refractivity contribution < 1.29 is 44.4 Å². The number of nitrogens with zero attached hydrogens (tertiary/aromatic N) is 3. The van der Waals surface area contributed by atoms with Gasteiger partial charge in [0, 0.05) is 49.3 Å². The summed E-state index contributed by atoms with van der Waals surface area (Å²) in [4.78, 5) is 60.2. The van der Waals surface area contributed by atoms with Crippen LogP contribution in [0.2, 0.25) is 0 Å². The fourth-order valence-corrected chi connectivity index (χ4v) is 5.65. The molecule has 2 fully saturated rings. The Kier molecular flexibility index (Phi) is 11.7. The Morgan fingerprint density at radius 2 is 1.58 bits per heavy atom. The van der Waals surface area contributed by atoms with Crippen LogP contribution in [0.3, 0.4) is 0 Å². The molecular weight excluding hydrogens is 560 g/mol. The zero-order valence-electron chi connectivity index (χ0n) is 24.7. The molecule has 2 saturated heterocycles. The maximum absolute atomic E-state index is 12.9. The molecule has 43 heavy (non-hydrogen) atoms. The molecule has 0 bridgehead atoms. The van der Waals surface area contributed by atoms with Crippen molar-refractivity contribution in [1.29, 1.82) is 0 Å². The van der Waals surface area contributed by atoms with Gasteiger partial charge in [-0.3, -0.25) is 24.1 Å². The number of benzene rings is 1. The van der Waals surface area contributed by atoms with E-state index in [4.69, 9.17) is 20.4 Å². The smallest absolute Gasteiger partial charge is 0.336 e. The molecule has 2 aliphatic rings. The number of carboxylic acids is 3. The fourth-order valence-electron chi connectivity index (χ4n) is 5.65. The molecule has 1 aromatic heterocycles. The van der Waals surface area contributed by atoms with Crippen molar-refractivity contribution in [1.82, 2.24) is 19.7 Å². The van der Waals surface area contributed by atoms with E-state index in [-0.39, 0.29) is 17.9 Å². The summed E-state index contributed by atoms with van der Waals surface area (Å²) in [7, 11) is 0. The average molecular weight is 603 g/mol. The first kappa shape index (κ1) is 33.5. The molecule has 13 nitrogen and oxygen atoms in total. The second-order valence-electron chi connectivity index (χ2n) is 11.6. The molecule has 2 aliphatic heterocycles. The normalized spacial score (nSPS) is 17.4. The van der Waals surface area contributed by atoms with E-state index in [0.717, 1.165) is 63.9 Å². The maximum Gasteiger partial charge on any atom is 0.336 e. The summed E-state index contributed by atoms with van der Waals surface area (Å²) in [5.41, 5.74) is -0.414. The van der Waals surface area contributed by atoms with Crippen LogP contribution in [0, 0.1) is 5.92 Å². The van der Waals surface area contributed by atoms with Crippen molar-refractivity contribution in [3.8, 4) is 0 Å². The van der Waals surface area contributed by atoms with Crippen molar-refractivity contribution in [3.05, 3.63) is 36.0 Å². The molecule has 1 aromatic carbocycles. The molecule has 1 unspecified atom stereocenters. The molecule has 4 rings (SSSR count). The lowest BCUT2D eigenvalue weighted by Crippen LogP contribution is -2.43. The Labute approximate surface area is 250 Å². The van der Waals surface area contributed by atoms with E-state index in [9.17, 15) is 24.0 Å². The summed E-state index contributed by atoms with van der Waals surface area (Å²) in [6, 6.07) is 8.43. The van der Waals surface area contributed by atoms with Crippen molar-refractivity contribution in [2.45, 2.75) is 77.1 Å². The van der Waals surface area contributed by atoms with Gasteiger partial charge in [-0.2, -0.15) is 0 Å². The number of rotatable bonds is 11. The Bertz CT molecular complexity index is 1300. The molecule has 1 atom stereocenters. The van der Waals surface area contributed by atoms with Crippen molar-refractivity contribution in [2.75, 3.05) is 26.2 Å². The number of likely N-dealkylation sites (tertiary alicyclic amines) is 2. The van der Waals surface area contributed by atoms with Crippen LogP contribution < -0.4 is 5.32 Å². The van der Waals surface area contributed by atoms with E-state index in [0.29, 0.717) is 12.5 Å². The standard InChI is InChI=1S/C24H34N4O2.C6H8O7/c1-18(2)25-23(29)17-28-16-20(21-9-3-4-10-22(21)28)15-26-11-7-8-19(14-26)24(30)27-12-5-6-13-27;7-3(8)1-6(13,5(11)12)2-4(9)10/h3-4,9-10,16,18-19H,5-8,11-15,17H2,1-2H3,(H,25,29);13H,1-2H2,(H,7,8)(H,9,10)(H,11,12). The second kappa shape index (κ2) is 15.0. The predicted octanol–water partition coefficient (Wildman–Crippen LogP) is 1.75. The summed E-state index contributed by atoms with van der Waals surface area (Å²) in [5.74, 6) is -4.51. The lowest BCUT2D eigenvalue weighted by Gasteiger charge is -2.33. The zero-order chi connectivity index (χ0) is 31.7. The number of amides is 2. The molecule has 236 valence electrons. The first-order chi connectivity index (χ1) is 20.3. The lowest BCUT2D eigenvalue weighted by molar-refractivity contribution is -0.170. The number of hydrogen-bond acceptors (Lipinski definition) is 7. The number of carbonyl (C=O) groups is 5. The Morgan fingerprint density at radius 1 is 0.953 bits per heavy atom. The summed E-state index contributed by atoms with van der Waals surface area (Å²) >= 11 is 0. The number of aliphatic hydroxyl groups is 1. The number of para-hydroxylation sites is 1. The molecule has 3 heterocycles. The number of fused-ring (bicyclic) bond motifs is 1. The second-order valence-corrected chi connectivity index (χ2v) is 11.6. The molecule has 0 saturated carbocycles. The van der Waals surface area contributed by atoms with Crippen molar-refractivity contribution >= 4 is 40.6 Å². The average Bonchev–Trinajstić information content (AvgIpc) is 3.57. The highest BCUT2D eigenvalue weighted by Gasteiger charge is 2.40. The highest BCUT2D eigenvalue weighted by molar-refractivity contribution is 5.88. The SMILES string of the molecule is CC(C)NC(=O)Cn1cc(CN2CCCC(C(=O)N3CCCC3)C2)c2ccccc21.O=C(O)CC(O)(CC(=O)O)C(=O)O. The molecule has 0 radical (unpaired) electrons. The summed E-state index contributed by atoms with van der Waals surface area (Å²) in [6.45, 7) is 8.83. The van der Waals surface area contributed by atoms with E-state index < -0.39 is 36.4 Å². The minimum absolute atomic E-state index is 0.0338. The van der Waals surface area contributed by atoms with Gasteiger partial charge in [0.25, 0.3) is 0 Å². The van der Waals surface area contributed by atoms with Crippen LogP contribution in [0.1, 0.15) is 57.9 Å². The van der Waals surface area contributed by atoms with E-state index >= 15 is 0 Å². The zero-order valence-corrected chi connectivity index (χ0v) is 24.7. The topological polar surface area (TPSA) is 190 Å². The van der Waals surface area contributed by atoms with E-state index in [2.05, 4.69) is 44.1 Å². The first-order valence-electron chi connectivity index (χ1n) is 14.6. The number of carboxylic acid groups (broad SMARTS) is 3. The highest BCUT2D eigenvalue weighted by Crippen LogP contribution is 2.26. The van der Waals surface area contributed by atoms with Gasteiger partial charge >= 0.3 is 17.9 Å². The van der Waals surface area contributed by atoms with E-state index in [1.165, 1.54) is 10.9 Å². The quantitative estimate of drug-likeness (QED) is 0.253. The number of carbonyl (C=O) groups excluding carboxylic acids is 2. The number of aliphatic carboxylic acids is 3. The Hall–Kier alpha value is -3.97. The van der Waals surface area contributed by atoms with Crippen LogP contribution in [0.4, 0.5) is 0 Å². The molecular formula is C30H42N4O9. The van der Waals surface area contributed by atoms with Crippen LogP contribution in [-0.4, -0.2) is 102 Å². The first-order valence-corrected chi connectivity index (χ1v) is 14.6. The minimum atomic E-state index is -2.74. The third-order valence-electron chi connectivity index (χ3n) is 7.59. The monoisotopic (exact) mass is 602 g/mol. The fraction of sp³-hybridized carbons (Fsp3) is 0.567. The molecule has 2 amide bonds. The Morgan fingerprint density at radius 3 is 2.16 bits per heavy atom.